The van der Waals surface area contributed by atoms with Gasteiger partial charge in [-0.2, -0.15) is 5.26 Å². The van der Waals surface area contributed by atoms with E-state index in [2.05, 4.69) is 11.0 Å². The summed E-state index contributed by atoms with van der Waals surface area (Å²) in [5.41, 5.74) is 0.940. The van der Waals surface area contributed by atoms with Gasteiger partial charge in [-0.05, 0) is 17.7 Å². The second-order valence-corrected chi connectivity index (χ2v) is 5.12. The molecule has 0 aromatic heterocycles. The first kappa shape index (κ1) is 15.6. The molecule has 0 N–H and O–H groups in total. The monoisotopic (exact) mass is 307 g/mol. The number of ether oxygens (including phenoxy) is 1. The van der Waals surface area contributed by atoms with Crippen LogP contribution in [-0.2, 0) is 4.79 Å². The highest BCUT2D eigenvalue weighted by Crippen LogP contribution is 2.23. The van der Waals surface area contributed by atoms with Gasteiger partial charge in [0, 0.05) is 26.2 Å². The zero-order chi connectivity index (χ0) is 15.2. The molecule has 1 aromatic carbocycles. The summed E-state index contributed by atoms with van der Waals surface area (Å²) >= 11 is 5.57. The molecule has 1 aliphatic heterocycles. The smallest absolute Gasteiger partial charge is 0.237 e. The number of hydrogen-bond acceptors (Lipinski definition) is 4. The highest BCUT2D eigenvalue weighted by atomic mass is 35.5. The number of carbonyl (C=O) groups is 1. The van der Waals surface area contributed by atoms with E-state index in [4.69, 9.17) is 16.3 Å². The van der Waals surface area contributed by atoms with Crippen LogP contribution in [0.25, 0.3) is 0 Å². The summed E-state index contributed by atoms with van der Waals surface area (Å²) in [6, 6.07) is 9.56. The number of nitrogens with zero attached hydrogens (tertiary/aromatic N) is 3. The molecule has 1 saturated heterocycles. The molecule has 0 radical (unpaired) electrons. The second-order valence-electron chi connectivity index (χ2n) is 4.86. The number of amides is 1. The van der Waals surface area contributed by atoms with Gasteiger partial charge >= 0.3 is 0 Å². The minimum absolute atomic E-state index is 0.0140. The van der Waals surface area contributed by atoms with E-state index in [-0.39, 0.29) is 17.8 Å². The molecule has 0 aliphatic carbocycles. The van der Waals surface area contributed by atoms with E-state index >= 15 is 0 Å². The Morgan fingerprint density at radius 1 is 1.33 bits per heavy atom. The number of hydrogen-bond donors (Lipinski definition) is 0. The molecule has 1 aromatic rings. The van der Waals surface area contributed by atoms with Gasteiger partial charge in [0.15, 0.2) is 0 Å². The molecule has 5 nitrogen and oxygen atoms in total. The SMILES string of the molecule is COc1ccc([C@H](C#N)N2CCN(C(=O)CCl)CC2)cc1. The average Bonchev–Trinajstić information content (AvgIpc) is 2.56. The largest absolute Gasteiger partial charge is 0.497 e. The molecular formula is C15H18ClN3O2. The van der Waals surface area contributed by atoms with Crippen molar-refractivity contribution in [3.05, 3.63) is 29.8 Å². The third kappa shape index (κ3) is 3.66. The highest BCUT2D eigenvalue weighted by molar-refractivity contribution is 6.27. The maximum Gasteiger partial charge on any atom is 0.237 e. The Balaban J connectivity index is 2.02. The number of nitriles is 1. The molecule has 0 spiro atoms. The standard InChI is InChI=1S/C15H18ClN3O2/c1-21-13-4-2-12(3-5-13)14(11-17)18-6-8-19(9-7-18)15(20)10-16/h2-5,14H,6-10H2,1H3/t14-/m0/s1. The first-order valence-corrected chi connectivity index (χ1v) is 7.34. The fraction of sp³-hybridized carbons (Fsp3) is 0.467. The first-order valence-electron chi connectivity index (χ1n) is 6.81. The lowest BCUT2D eigenvalue weighted by Crippen LogP contribution is -2.49. The Morgan fingerprint density at radius 2 is 1.95 bits per heavy atom. The van der Waals surface area contributed by atoms with Crippen LogP contribution in [0.15, 0.2) is 24.3 Å². The summed E-state index contributed by atoms with van der Waals surface area (Å²) in [5, 5.41) is 9.45. The molecule has 1 heterocycles. The van der Waals surface area contributed by atoms with Crippen LogP contribution in [0.3, 0.4) is 0 Å². The molecule has 1 fully saturated rings. The number of rotatable bonds is 4. The van der Waals surface area contributed by atoms with E-state index in [1.54, 1.807) is 12.0 Å². The van der Waals surface area contributed by atoms with Crippen molar-refractivity contribution in [2.75, 3.05) is 39.2 Å². The summed E-state index contributed by atoms with van der Waals surface area (Å²) in [6.07, 6.45) is 0. The molecule has 0 bridgehead atoms. The number of piperazine rings is 1. The van der Waals surface area contributed by atoms with Gasteiger partial charge in [-0.3, -0.25) is 9.69 Å². The number of halogens is 1. The maximum atomic E-state index is 11.6. The molecule has 0 saturated carbocycles. The fourth-order valence-electron chi connectivity index (χ4n) is 2.47. The zero-order valence-corrected chi connectivity index (χ0v) is 12.7. The van der Waals surface area contributed by atoms with Crippen LogP contribution in [0.1, 0.15) is 11.6 Å². The third-order valence-electron chi connectivity index (χ3n) is 3.70. The van der Waals surface area contributed by atoms with Crippen molar-refractivity contribution < 1.29 is 9.53 Å². The Kier molecular flexibility index (Phi) is 5.43. The molecule has 6 heteroatoms. The van der Waals surface area contributed by atoms with Crippen LogP contribution in [0.5, 0.6) is 5.75 Å². The van der Waals surface area contributed by atoms with Crippen LogP contribution in [0.4, 0.5) is 0 Å². The van der Waals surface area contributed by atoms with Crippen molar-refractivity contribution in [3.8, 4) is 11.8 Å². The zero-order valence-electron chi connectivity index (χ0n) is 12.0. The van der Waals surface area contributed by atoms with E-state index in [0.29, 0.717) is 26.2 Å². The van der Waals surface area contributed by atoms with Crippen LogP contribution < -0.4 is 4.74 Å². The predicted octanol–water partition coefficient (Wildman–Crippen LogP) is 1.64. The van der Waals surface area contributed by atoms with Crippen LogP contribution >= 0.6 is 11.6 Å². The number of methoxy groups -OCH3 is 1. The molecule has 1 atom stereocenters. The quantitative estimate of drug-likeness (QED) is 0.794. The normalized spacial score (nSPS) is 17.1. The van der Waals surface area contributed by atoms with Crippen LogP contribution in [-0.4, -0.2) is 54.9 Å². The van der Waals surface area contributed by atoms with Crippen molar-refractivity contribution >= 4 is 17.5 Å². The number of benzene rings is 1. The predicted molar refractivity (Wildman–Crippen MR) is 80.2 cm³/mol. The van der Waals surface area contributed by atoms with Crippen molar-refractivity contribution in [1.29, 1.82) is 5.26 Å². The topological polar surface area (TPSA) is 56.6 Å². The Bertz CT molecular complexity index is 519. The summed E-state index contributed by atoms with van der Waals surface area (Å²) in [6.45, 7) is 2.57. The van der Waals surface area contributed by atoms with Gasteiger partial charge in [-0.25, -0.2) is 0 Å². The van der Waals surface area contributed by atoms with Gasteiger partial charge in [-0.1, -0.05) is 12.1 Å². The van der Waals surface area contributed by atoms with Gasteiger partial charge in [0.25, 0.3) is 0 Å². The lowest BCUT2D eigenvalue weighted by Gasteiger charge is -2.36. The van der Waals surface area contributed by atoms with E-state index in [0.717, 1.165) is 11.3 Å². The lowest BCUT2D eigenvalue weighted by molar-refractivity contribution is -0.130. The van der Waals surface area contributed by atoms with Crippen LogP contribution in [0, 0.1) is 11.3 Å². The van der Waals surface area contributed by atoms with E-state index < -0.39 is 0 Å². The Labute approximate surface area is 129 Å². The summed E-state index contributed by atoms with van der Waals surface area (Å²) in [7, 11) is 1.61. The minimum atomic E-state index is -0.302. The van der Waals surface area contributed by atoms with Crippen molar-refractivity contribution in [3.63, 3.8) is 0 Å². The Hall–Kier alpha value is -1.77. The first-order chi connectivity index (χ1) is 10.2. The molecule has 2 rings (SSSR count). The highest BCUT2D eigenvalue weighted by Gasteiger charge is 2.26. The summed E-state index contributed by atoms with van der Waals surface area (Å²) < 4.78 is 5.13. The lowest BCUT2D eigenvalue weighted by atomic mass is 10.1. The third-order valence-corrected chi connectivity index (χ3v) is 3.93. The second kappa shape index (κ2) is 7.30. The van der Waals surface area contributed by atoms with Gasteiger partial charge in [0.1, 0.15) is 17.7 Å². The molecular weight excluding hydrogens is 290 g/mol. The molecule has 112 valence electrons. The average molecular weight is 308 g/mol. The molecule has 0 unspecified atom stereocenters. The van der Waals surface area contributed by atoms with Crippen LogP contribution in [0.2, 0.25) is 0 Å². The molecule has 1 aliphatic rings. The molecule has 21 heavy (non-hydrogen) atoms. The number of carbonyl (C=O) groups excluding carboxylic acids is 1. The Morgan fingerprint density at radius 3 is 2.43 bits per heavy atom. The van der Waals surface area contributed by atoms with Gasteiger partial charge < -0.3 is 9.64 Å². The van der Waals surface area contributed by atoms with Gasteiger partial charge in [0.05, 0.1) is 13.2 Å². The van der Waals surface area contributed by atoms with Crippen molar-refractivity contribution in [1.82, 2.24) is 9.80 Å². The van der Waals surface area contributed by atoms with Gasteiger partial charge in [0.2, 0.25) is 5.91 Å². The maximum absolute atomic E-state index is 11.6. The van der Waals surface area contributed by atoms with E-state index in [1.165, 1.54) is 0 Å². The van der Waals surface area contributed by atoms with Crippen molar-refractivity contribution in [2.45, 2.75) is 6.04 Å². The minimum Gasteiger partial charge on any atom is -0.497 e. The number of alkyl halides is 1. The van der Waals surface area contributed by atoms with Crippen molar-refractivity contribution in [2.24, 2.45) is 0 Å². The summed E-state index contributed by atoms with van der Waals surface area (Å²) in [4.78, 5) is 15.4. The summed E-state index contributed by atoms with van der Waals surface area (Å²) in [5.74, 6) is 0.738. The fourth-order valence-corrected chi connectivity index (χ4v) is 2.64. The van der Waals surface area contributed by atoms with E-state index in [1.807, 2.05) is 24.3 Å². The van der Waals surface area contributed by atoms with Gasteiger partial charge in [-0.15, -0.1) is 11.6 Å². The van der Waals surface area contributed by atoms with E-state index in [9.17, 15) is 10.1 Å². The molecule has 1 amide bonds.